The average molecular weight is 397 g/mol. The van der Waals surface area contributed by atoms with Gasteiger partial charge < -0.3 is 15.2 Å². The average Bonchev–Trinajstić information content (AvgIpc) is 2.56. The summed E-state index contributed by atoms with van der Waals surface area (Å²) in [6.45, 7) is 0.490. The van der Waals surface area contributed by atoms with Crippen LogP contribution in [-0.2, 0) is 4.57 Å². The highest BCUT2D eigenvalue weighted by atomic mass is 35.5. The summed E-state index contributed by atoms with van der Waals surface area (Å²) < 4.78 is 18.3. The molecule has 3 N–H and O–H groups in total. The van der Waals surface area contributed by atoms with Crippen molar-refractivity contribution in [2.24, 2.45) is 5.73 Å². The van der Waals surface area contributed by atoms with Crippen LogP contribution in [0.2, 0.25) is 0 Å². The monoisotopic (exact) mass is 396 g/mol. The minimum Gasteiger partial charge on any atom is -0.413 e. The van der Waals surface area contributed by atoms with Crippen molar-refractivity contribution in [1.29, 1.82) is 0 Å². The van der Waals surface area contributed by atoms with Gasteiger partial charge in [0.2, 0.25) is 0 Å². The molecule has 1 atom stereocenters. The highest BCUT2D eigenvalue weighted by Gasteiger charge is 2.30. The van der Waals surface area contributed by atoms with E-state index in [9.17, 15) is 9.46 Å². The lowest BCUT2D eigenvalue weighted by Crippen LogP contribution is -2.27. The second-order valence-electron chi connectivity index (χ2n) is 5.62. The third-order valence-corrected chi connectivity index (χ3v) is 5.56. The second-order valence-corrected chi connectivity index (χ2v) is 8.11. The van der Waals surface area contributed by atoms with Gasteiger partial charge in [-0.3, -0.25) is 0 Å². The number of nitrogens with zero attached hydrogens (tertiary/aromatic N) is 1. The molecule has 1 unspecified atom stereocenters. The van der Waals surface area contributed by atoms with Gasteiger partial charge in [-0.2, -0.15) is 4.67 Å². The Morgan fingerprint density at radius 3 is 2.08 bits per heavy atom. The SMILES string of the molecule is NC1CCCCC1.O=P(O)(Oc1ccccc1)N(CCCl)CCCl. The number of nitrogens with two attached hydrogens (primary N) is 1. The molecule has 8 heteroatoms. The smallest absolute Gasteiger partial charge is 0.413 e. The van der Waals surface area contributed by atoms with E-state index in [4.69, 9.17) is 33.5 Å². The molecule has 0 heterocycles. The highest BCUT2D eigenvalue weighted by molar-refractivity contribution is 7.50. The quantitative estimate of drug-likeness (QED) is 0.532. The molecular weight excluding hydrogens is 370 g/mol. The molecule has 0 radical (unpaired) electrons. The Labute approximate surface area is 154 Å². The van der Waals surface area contributed by atoms with Crippen LogP contribution >= 0.6 is 30.9 Å². The van der Waals surface area contributed by atoms with Crippen molar-refractivity contribution in [2.75, 3.05) is 24.8 Å². The topological polar surface area (TPSA) is 75.8 Å². The van der Waals surface area contributed by atoms with Gasteiger partial charge in [0.25, 0.3) is 0 Å². The normalized spacial score (nSPS) is 17.7. The van der Waals surface area contributed by atoms with Crippen molar-refractivity contribution in [3.05, 3.63) is 30.3 Å². The van der Waals surface area contributed by atoms with E-state index in [1.54, 1.807) is 30.3 Å². The molecule has 0 saturated heterocycles. The van der Waals surface area contributed by atoms with E-state index < -0.39 is 7.75 Å². The van der Waals surface area contributed by atoms with Gasteiger partial charge in [0, 0.05) is 30.9 Å². The summed E-state index contributed by atoms with van der Waals surface area (Å²) in [5.41, 5.74) is 5.63. The van der Waals surface area contributed by atoms with Crippen LogP contribution < -0.4 is 10.3 Å². The molecule has 5 nitrogen and oxygen atoms in total. The molecule has 1 aromatic rings. The van der Waals surface area contributed by atoms with Gasteiger partial charge in [-0.1, -0.05) is 37.5 Å². The maximum atomic E-state index is 12.0. The van der Waals surface area contributed by atoms with Gasteiger partial charge in [-0.25, -0.2) is 4.57 Å². The van der Waals surface area contributed by atoms with Gasteiger partial charge in [-0.15, -0.1) is 23.2 Å². The Hall–Kier alpha value is -0.290. The molecule has 1 aliphatic rings. The lowest BCUT2D eigenvalue weighted by molar-refractivity contribution is 0.289. The minimum absolute atomic E-state index is 0.236. The van der Waals surface area contributed by atoms with Gasteiger partial charge in [0.15, 0.2) is 0 Å². The molecule has 0 spiro atoms. The first-order chi connectivity index (χ1) is 11.5. The van der Waals surface area contributed by atoms with Crippen LogP contribution in [0.4, 0.5) is 0 Å². The van der Waals surface area contributed by atoms with Crippen molar-refractivity contribution in [2.45, 2.75) is 38.1 Å². The maximum Gasteiger partial charge on any atom is 0.458 e. The summed E-state index contributed by atoms with van der Waals surface area (Å²) in [6, 6.07) is 9.01. The summed E-state index contributed by atoms with van der Waals surface area (Å²) in [6.07, 6.45) is 6.66. The lowest BCUT2D eigenvalue weighted by atomic mass is 9.97. The molecule has 0 amide bonds. The Morgan fingerprint density at radius 2 is 1.67 bits per heavy atom. The van der Waals surface area contributed by atoms with Gasteiger partial charge >= 0.3 is 7.75 Å². The highest BCUT2D eigenvalue weighted by Crippen LogP contribution is 2.46. The van der Waals surface area contributed by atoms with E-state index in [-0.39, 0.29) is 24.8 Å². The number of rotatable bonds is 7. The van der Waals surface area contributed by atoms with Crippen LogP contribution in [0, 0.1) is 0 Å². The largest absolute Gasteiger partial charge is 0.458 e. The summed E-state index contributed by atoms with van der Waals surface area (Å²) in [4.78, 5) is 9.83. The van der Waals surface area contributed by atoms with Crippen LogP contribution in [0.3, 0.4) is 0 Å². The number of hydrogen-bond acceptors (Lipinski definition) is 3. The molecule has 0 bridgehead atoms. The first kappa shape index (κ1) is 21.8. The molecule has 0 aliphatic heterocycles. The minimum atomic E-state index is -3.89. The van der Waals surface area contributed by atoms with Crippen molar-refractivity contribution < 1.29 is 14.0 Å². The number of alkyl halides is 2. The predicted molar refractivity (Wildman–Crippen MR) is 101 cm³/mol. The van der Waals surface area contributed by atoms with E-state index in [0.29, 0.717) is 11.8 Å². The Kier molecular flexibility index (Phi) is 11.0. The molecule has 2 rings (SSSR count). The Morgan fingerprint density at radius 1 is 1.12 bits per heavy atom. The van der Waals surface area contributed by atoms with E-state index in [1.165, 1.54) is 36.8 Å². The predicted octanol–water partition coefficient (Wildman–Crippen LogP) is 4.22. The van der Waals surface area contributed by atoms with Crippen molar-refractivity contribution in [3.8, 4) is 5.75 Å². The number of benzene rings is 1. The van der Waals surface area contributed by atoms with Crippen molar-refractivity contribution in [3.63, 3.8) is 0 Å². The summed E-state index contributed by atoms with van der Waals surface area (Å²) in [5, 5.41) is 0. The fraction of sp³-hybridized carbons (Fsp3) is 0.625. The Bertz CT molecular complexity index is 481. The van der Waals surface area contributed by atoms with Crippen molar-refractivity contribution in [1.82, 2.24) is 4.67 Å². The third-order valence-electron chi connectivity index (χ3n) is 3.66. The zero-order valence-electron chi connectivity index (χ0n) is 13.8. The molecule has 138 valence electrons. The summed E-state index contributed by atoms with van der Waals surface area (Å²) >= 11 is 11.1. The van der Waals surface area contributed by atoms with Crippen molar-refractivity contribution >= 4 is 30.9 Å². The van der Waals surface area contributed by atoms with Crippen LogP contribution in [0.1, 0.15) is 32.1 Å². The fourth-order valence-corrected chi connectivity index (χ4v) is 4.23. The molecule has 1 fully saturated rings. The van der Waals surface area contributed by atoms with Crippen LogP contribution in [0.25, 0.3) is 0 Å². The molecule has 1 aliphatic carbocycles. The summed E-state index contributed by atoms with van der Waals surface area (Å²) in [7, 11) is -3.89. The summed E-state index contributed by atoms with van der Waals surface area (Å²) in [5.74, 6) is 0.812. The van der Waals surface area contributed by atoms with Gasteiger partial charge in [-0.05, 0) is 25.0 Å². The van der Waals surface area contributed by atoms with E-state index >= 15 is 0 Å². The van der Waals surface area contributed by atoms with Gasteiger partial charge in [0.05, 0.1) is 0 Å². The molecule has 24 heavy (non-hydrogen) atoms. The maximum absolute atomic E-state index is 12.0. The second kappa shape index (κ2) is 12.1. The molecular formula is C16H27Cl2N2O3P. The number of hydrogen-bond donors (Lipinski definition) is 2. The van der Waals surface area contributed by atoms with E-state index in [1.807, 2.05) is 0 Å². The first-order valence-corrected chi connectivity index (χ1v) is 10.8. The standard InChI is InChI=1S/C10H14Cl2NO3P.C6H13N/c11-6-8-13(9-7-12)17(14,15)16-10-4-2-1-3-5-10;7-6-4-2-1-3-5-6/h1-5H,6-9H2,(H,14,15);6H,1-5,7H2. The zero-order valence-corrected chi connectivity index (χ0v) is 16.2. The third kappa shape index (κ3) is 8.70. The molecule has 1 aromatic carbocycles. The fourth-order valence-electron chi connectivity index (χ4n) is 2.37. The first-order valence-electron chi connectivity index (χ1n) is 8.20. The molecule has 0 aromatic heterocycles. The number of halogens is 2. The molecule has 1 saturated carbocycles. The van der Waals surface area contributed by atoms with E-state index in [2.05, 4.69) is 0 Å². The van der Waals surface area contributed by atoms with E-state index in [0.717, 1.165) is 0 Å². The van der Waals surface area contributed by atoms with Gasteiger partial charge in [0.1, 0.15) is 5.75 Å². The Balaban J connectivity index is 0.000000341. The zero-order chi connectivity index (χ0) is 17.8. The van der Waals surface area contributed by atoms with Crippen LogP contribution in [-0.4, -0.2) is 40.5 Å². The van der Waals surface area contributed by atoms with Crippen LogP contribution in [0.5, 0.6) is 5.75 Å². The lowest BCUT2D eigenvalue weighted by Gasteiger charge is -2.25. The van der Waals surface area contributed by atoms with Crippen LogP contribution in [0.15, 0.2) is 30.3 Å². The number of para-hydroxylation sites is 1.